The summed E-state index contributed by atoms with van der Waals surface area (Å²) >= 11 is 1.98. The van der Waals surface area contributed by atoms with Crippen LogP contribution in [0, 0.1) is 0 Å². The summed E-state index contributed by atoms with van der Waals surface area (Å²) in [5, 5.41) is 3.28. The van der Waals surface area contributed by atoms with Gasteiger partial charge in [0.05, 0.1) is 6.54 Å². The summed E-state index contributed by atoms with van der Waals surface area (Å²) < 4.78 is 0.247. The molecule has 2 aliphatic carbocycles. The maximum atomic E-state index is 5.97. The lowest BCUT2D eigenvalue weighted by molar-refractivity contribution is 0.617. The Kier molecular flexibility index (Phi) is 4.20. The quantitative estimate of drug-likeness (QED) is 0.646. The van der Waals surface area contributed by atoms with Gasteiger partial charge in [-0.25, -0.2) is 0 Å². The zero-order valence-electron chi connectivity index (χ0n) is 11.8. The Balaban J connectivity index is 1.64. The lowest BCUT2D eigenvalue weighted by atomic mass is 10.1. The molecule has 1 aromatic rings. The molecule has 0 bridgehead atoms. The van der Waals surface area contributed by atoms with Crippen LogP contribution in [0.4, 0.5) is 0 Å². The Morgan fingerprint density at radius 2 is 1.95 bits per heavy atom. The monoisotopic (exact) mass is 289 g/mol. The average Bonchev–Trinajstić information content (AvgIpc) is 3.15. The molecule has 0 unspecified atom stereocenters. The molecule has 0 amide bonds. The molecule has 3 N–H and O–H groups in total. The number of guanidine groups is 1. The van der Waals surface area contributed by atoms with E-state index in [0.29, 0.717) is 12.0 Å². The lowest BCUT2D eigenvalue weighted by Gasteiger charge is -2.26. The first-order valence-corrected chi connectivity index (χ1v) is 8.38. The maximum Gasteiger partial charge on any atom is 0.188 e. The minimum absolute atomic E-state index is 0.247. The first-order valence-electron chi connectivity index (χ1n) is 7.56. The van der Waals surface area contributed by atoms with Crippen molar-refractivity contribution in [3.63, 3.8) is 0 Å². The van der Waals surface area contributed by atoms with Crippen LogP contribution in [0.1, 0.15) is 38.5 Å². The van der Waals surface area contributed by atoms with E-state index in [9.17, 15) is 0 Å². The summed E-state index contributed by atoms with van der Waals surface area (Å²) in [4.78, 5) is 5.96. The van der Waals surface area contributed by atoms with Gasteiger partial charge >= 0.3 is 0 Å². The predicted molar refractivity (Wildman–Crippen MR) is 86.1 cm³/mol. The normalized spacial score (nSPS) is 21.9. The van der Waals surface area contributed by atoms with Gasteiger partial charge in [0, 0.05) is 15.7 Å². The zero-order chi connectivity index (χ0) is 13.8. The van der Waals surface area contributed by atoms with E-state index in [4.69, 9.17) is 5.73 Å². The Bertz CT molecular complexity index is 462. The van der Waals surface area contributed by atoms with Crippen LogP contribution in [0.15, 0.2) is 40.2 Å². The van der Waals surface area contributed by atoms with E-state index in [2.05, 4.69) is 40.6 Å². The minimum Gasteiger partial charge on any atom is -0.370 e. The number of nitrogens with zero attached hydrogens (tertiary/aromatic N) is 1. The highest BCUT2D eigenvalue weighted by atomic mass is 32.2. The molecular weight excluding hydrogens is 266 g/mol. The van der Waals surface area contributed by atoms with Gasteiger partial charge in [0.1, 0.15) is 0 Å². The molecule has 2 aliphatic rings. The average molecular weight is 289 g/mol. The first-order chi connectivity index (χ1) is 9.76. The topological polar surface area (TPSA) is 50.4 Å². The fraction of sp³-hybridized carbons (Fsp3) is 0.562. The molecule has 108 valence electrons. The van der Waals surface area contributed by atoms with Gasteiger partial charge in [0.15, 0.2) is 5.96 Å². The van der Waals surface area contributed by atoms with Crippen molar-refractivity contribution in [2.24, 2.45) is 10.7 Å². The number of benzene rings is 1. The smallest absolute Gasteiger partial charge is 0.188 e. The Morgan fingerprint density at radius 1 is 1.25 bits per heavy atom. The number of hydrogen-bond acceptors (Lipinski definition) is 2. The minimum atomic E-state index is 0.247. The molecule has 0 aliphatic heterocycles. The third kappa shape index (κ3) is 3.69. The van der Waals surface area contributed by atoms with Gasteiger partial charge in [0.2, 0.25) is 0 Å². The summed E-state index contributed by atoms with van der Waals surface area (Å²) in [6.45, 7) is 0.831. The van der Waals surface area contributed by atoms with Crippen LogP contribution in [0.2, 0.25) is 0 Å². The van der Waals surface area contributed by atoms with Gasteiger partial charge in [-0.2, -0.15) is 0 Å². The molecule has 2 fully saturated rings. The molecule has 0 radical (unpaired) electrons. The summed E-state index contributed by atoms with van der Waals surface area (Å²) in [6, 6.07) is 11.3. The highest BCUT2D eigenvalue weighted by Crippen LogP contribution is 2.45. The fourth-order valence-electron chi connectivity index (χ4n) is 2.76. The molecule has 4 heteroatoms. The van der Waals surface area contributed by atoms with Gasteiger partial charge in [-0.1, -0.05) is 31.0 Å². The van der Waals surface area contributed by atoms with Crippen LogP contribution in [-0.4, -0.2) is 23.3 Å². The zero-order valence-corrected chi connectivity index (χ0v) is 12.7. The molecule has 2 saturated carbocycles. The number of thioether (sulfide) groups is 1. The first kappa shape index (κ1) is 13.8. The second-order valence-corrected chi connectivity index (χ2v) is 7.47. The molecular formula is C16H23N3S. The molecule has 3 rings (SSSR count). The van der Waals surface area contributed by atoms with Crippen molar-refractivity contribution in [3.8, 4) is 0 Å². The van der Waals surface area contributed by atoms with Crippen LogP contribution in [-0.2, 0) is 0 Å². The maximum absolute atomic E-state index is 5.97. The number of hydrogen-bond donors (Lipinski definition) is 2. The van der Waals surface area contributed by atoms with Gasteiger partial charge in [-0.05, 0) is 37.8 Å². The van der Waals surface area contributed by atoms with Crippen molar-refractivity contribution in [1.29, 1.82) is 0 Å². The SMILES string of the molecule is NC(=NCC1(Sc2ccccc2)CCCC1)NC1CC1. The molecule has 20 heavy (non-hydrogen) atoms. The summed E-state index contributed by atoms with van der Waals surface area (Å²) in [5.41, 5.74) is 5.97. The highest BCUT2D eigenvalue weighted by molar-refractivity contribution is 8.00. The third-order valence-electron chi connectivity index (χ3n) is 4.06. The van der Waals surface area contributed by atoms with Gasteiger partial charge < -0.3 is 11.1 Å². The molecule has 3 nitrogen and oxygen atoms in total. The Labute approximate surface area is 125 Å². The summed E-state index contributed by atoms with van der Waals surface area (Å²) in [5.74, 6) is 0.632. The summed E-state index contributed by atoms with van der Waals surface area (Å²) in [7, 11) is 0. The second kappa shape index (κ2) is 6.08. The van der Waals surface area contributed by atoms with Crippen molar-refractivity contribution in [2.45, 2.75) is 54.2 Å². The number of rotatable bonds is 5. The molecule has 0 saturated heterocycles. The van der Waals surface area contributed by atoms with Crippen LogP contribution < -0.4 is 11.1 Å². The van der Waals surface area contributed by atoms with E-state index in [-0.39, 0.29) is 4.75 Å². The van der Waals surface area contributed by atoms with E-state index >= 15 is 0 Å². The number of nitrogens with two attached hydrogens (primary N) is 1. The molecule has 0 atom stereocenters. The van der Waals surface area contributed by atoms with Gasteiger partial charge in [0.25, 0.3) is 0 Å². The van der Waals surface area contributed by atoms with E-state index < -0.39 is 0 Å². The fourth-order valence-corrected chi connectivity index (χ4v) is 4.18. The van der Waals surface area contributed by atoms with Crippen molar-refractivity contribution in [3.05, 3.63) is 30.3 Å². The Morgan fingerprint density at radius 3 is 2.60 bits per heavy atom. The van der Waals surface area contributed by atoms with E-state index in [0.717, 1.165) is 6.54 Å². The molecule has 0 spiro atoms. The molecule has 0 heterocycles. The highest BCUT2D eigenvalue weighted by Gasteiger charge is 2.35. The number of aliphatic imine (C=N–C) groups is 1. The van der Waals surface area contributed by atoms with Crippen LogP contribution in [0.5, 0.6) is 0 Å². The van der Waals surface area contributed by atoms with E-state index in [1.807, 2.05) is 11.8 Å². The van der Waals surface area contributed by atoms with Crippen molar-refractivity contribution in [1.82, 2.24) is 5.32 Å². The second-order valence-electron chi connectivity index (χ2n) is 5.93. The largest absolute Gasteiger partial charge is 0.370 e. The van der Waals surface area contributed by atoms with E-state index in [1.54, 1.807) is 0 Å². The van der Waals surface area contributed by atoms with Crippen LogP contribution in [0.25, 0.3) is 0 Å². The number of nitrogens with one attached hydrogen (secondary N) is 1. The van der Waals surface area contributed by atoms with Crippen molar-refractivity contribution < 1.29 is 0 Å². The lowest BCUT2D eigenvalue weighted by Crippen LogP contribution is -2.35. The standard InChI is InChI=1S/C16H23N3S/c17-15(19-13-8-9-13)18-12-16(10-4-5-11-16)20-14-6-2-1-3-7-14/h1-3,6-7,13H,4-5,8-12H2,(H3,17,18,19). The van der Waals surface area contributed by atoms with Crippen LogP contribution >= 0.6 is 11.8 Å². The molecule has 1 aromatic carbocycles. The van der Waals surface area contributed by atoms with E-state index in [1.165, 1.54) is 43.4 Å². The molecule has 0 aromatic heterocycles. The third-order valence-corrected chi connectivity index (χ3v) is 5.54. The van der Waals surface area contributed by atoms with Gasteiger partial charge in [-0.3, -0.25) is 4.99 Å². The van der Waals surface area contributed by atoms with Gasteiger partial charge in [-0.15, -0.1) is 11.8 Å². The predicted octanol–water partition coefficient (Wildman–Crippen LogP) is 3.16. The van der Waals surface area contributed by atoms with Crippen molar-refractivity contribution in [2.75, 3.05) is 6.54 Å². The summed E-state index contributed by atoms with van der Waals surface area (Å²) in [6.07, 6.45) is 7.58. The Hall–Kier alpha value is -1.16. The van der Waals surface area contributed by atoms with Crippen LogP contribution in [0.3, 0.4) is 0 Å². The van der Waals surface area contributed by atoms with Crippen molar-refractivity contribution >= 4 is 17.7 Å².